The Balaban J connectivity index is -0.0000000105. The van der Waals surface area contributed by atoms with Gasteiger partial charge in [0.2, 0.25) is 0 Å². The quantitative estimate of drug-likeness (QED) is 0.209. The van der Waals surface area contributed by atoms with Crippen LogP contribution in [0.4, 0.5) is 0 Å². The van der Waals surface area contributed by atoms with Crippen molar-refractivity contribution in [3.05, 3.63) is 13.3 Å². The predicted molar refractivity (Wildman–Crippen MR) is 26.7 cm³/mol. The van der Waals surface area contributed by atoms with Gasteiger partial charge in [-0.1, -0.05) is 0 Å². The Kier molecular flexibility index (Phi) is 197. The summed E-state index contributed by atoms with van der Waals surface area (Å²) in [6.07, 6.45) is 2.00. The maximum atomic E-state index is 3.25. The van der Waals surface area contributed by atoms with Gasteiger partial charge in [0.05, 0.1) is 0 Å². The molecular formula is C5H12Li2. The standard InChI is InChI=1S/C3H7.C2H5.2Li/c1-3-2;1-2;;/h3H,1-2H3;1H2,2H3;;/q2*-1;2*+1. The van der Waals surface area contributed by atoms with Crippen molar-refractivity contribution in [3.8, 4) is 0 Å². The fraction of sp³-hybridized carbons (Fsp3) is 0.600. The topological polar surface area (TPSA) is 0 Å². The van der Waals surface area contributed by atoms with Gasteiger partial charge in [-0.05, 0) is 0 Å². The van der Waals surface area contributed by atoms with Crippen molar-refractivity contribution >= 4 is 0 Å². The zero-order valence-corrected chi connectivity index (χ0v) is 6.28. The molecule has 0 saturated carbocycles. The van der Waals surface area contributed by atoms with E-state index in [1.54, 1.807) is 6.92 Å². The van der Waals surface area contributed by atoms with Gasteiger partial charge in [0.15, 0.2) is 0 Å². The zero-order valence-electron chi connectivity index (χ0n) is 6.28. The van der Waals surface area contributed by atoms with Crippen LogP contribution in [0.2, 0.25) is 0 Å². The minimum atomic E-state index is 0. The second-order valence-electron chi connectivity index (χ2n) is 0.577. The molecule has 0 nitrogen and oxygen atoms in total. The first-order chi connectivity index (χ1) is 2.41. The van der Waals surface area contributed by atoms with Crippen molar-refractivity contribution in [2.45, 2.75) is 20.8 Å². The Morgan fingerprint density at radius 1 is 1.00 bits per heavy atom. The molecule has 7 heavy (non-hydrogen) atoms. The van der Waals surface area contributed by atoms with E-state index in [9.17, 15) is 0 Å². The fourth-order valence-electron chi connectivity index (χ4n) is 0. The van der Waals surface area contributed by atoms with Crippen LogP contribution in [0.5, 0.6) is 0 Å². The van der Waals surface area contributed by atoms with E-state index in [-0.39, 0.29) is 37.7 Å². The summed E-state index contributed by atoms with van der Waals surface area (Å²) < 4.78 is 0. The van der Waals surface area contributed by atoms with Crippen molar-refractivity contribution in [2.75, 3.05) is 0 Å². The maximum absolute atomic E-state index is 3.25. The Morgan fingerprint density at radius 3 is 1.00 bits per heavy atom. The molecule has 2 heteroatoms. The zero-order chi connectivity index (χ0) is 4.71. The molecule has 0 radical (unpaired) electrons. The second kappa shape index (κ2) is 57.3. The first-order valence-corrected chi connectivity index (χ1v) is 1.86. The minimum Gasteiger partial charge on any atom is -0.346 e. The molecule has 0 rings (SSSR count). The Hall–Kier alpha value is 1.19. The van der Waals surface area contributed by atoms with Crippen molar-refractivity contribution in [2.24, 2.45) is 0 Å². The van der Waals surface area contributed by atoms with Crippen LogP contribution in [-0.4, -0.2) is 0 Å². The third kappa shape index (κ3) is 136. The summed E-state index contributed by atoms with van der Waals surface area (Å²) in [5.74, 6) is 0. The molecule has 0 aliphatic carbocycles. The van der Waals surface area contributed by atoms with Crippen molar-refractivity contribution in [1.29, 1.82) is 0 Å². The van der Waals surface area contributed by atoms with Crippen LogP contribution in [0.1, 0.15) is 20.8 Å². The molecule has 0 fully saturated rings. The van der Waals surface area contributed by atoms with Crippen LogP contribution in [0.3, 0.4) is 0 Å². The number of hydrogen-bond acceptors (Lipinski definition) is 0. The fourth-order valence-corrected chi connectivity index (χ4v) is 0. The molecule has 0 heterocycles. The molecule has 0 unspecified atom stereocenters. The first kappa shape index (κ1) is 24.1. The molecule has 0 N–H and O–H groups in total. The molecular weight excluding hydrogens is 73.9 g/mol. The minimum absolute atomic E-state index is 0. The van der Waals surface area contributed by atoms with E-state index < -0.39 is 0 Å². The van der Waals surface area contributed by atoms with Gasteiger partial charge in [-0.15, -0.1) is 0 Å². The van der Waals surface area contributed by atoms with Gasteiger partial charge in [0, 0.05) is 0 Å². The molecule has 0 aliphatic heterocycles. The summed E-state index contributed by atoms with van der Waals surface area (Å²) in [5.41, 5.74) is 0. The maximum Gasteiger partial charge on any atom is 1.00 e. The largest absolute Gasteiger partial charge is 1.00 e. The SMILES string of the molecule is C[CH-]C.[CH2-]C.[Li+].[Li+]. The molecule has 0 amide bonds. The van der Waals surface area contributed by atoms with E-state index in [4.69, 9.17) is 0 Å². The number of rotatable bonds is 0. The van der Waals surface area contributed by atoms with E-state index in [0.29, 0.717) is 0 Å². The third-order valence-corrected chi connectivity index (χ3v) is 0. The molecule has 34 valence electrons. The predicted octanol–water partition coefficient (Wildman–Crippen LogP) is -3.92. The normalized spacial score (nSPS) is 3.43. The van der Waals surface area contributed by atoms with E-state index in [1.165, 1.54) is 0 Å². The van der Waals surface area contributed by atoms with Gasteiger partial charge >= 0.3 is 37.7 Å². The molecule has 0 bridgehead atoms. The van der Waals surface area contributed by atoms with Crippen molar-refractivity contribution in [3.63, 3.8) is 0 Å². The molecule has 0 atom stereocenters. The van der Waals surface area contributed by atoms with Crippen molar-refractivity contribution < 1.29 is 37.7 Å². The summed E-state index contributed by atoms with van der Waals surface area (Å²) in [7, 11) is 0. The summed E-state index contributed by atoms with van der Waals surface area (Å²) in [6, 6.07) is 0. The molecule has 0 aromatic heterocycles. The monoisotopic (exact) mass is 86.1 g/mol. The van der Waals surface area contributed by atoms with Crippen LogP contribution >= 0.6 is 0 Å². The van der Waals surface area contributed by atoms with E-state index in [1.807, 2.05) is 20.3 Å². The van der Waals surface area contributed by atoms with Gasteiger partial charge < -0.3 is 13.3 Å². The summed E-state index contributed by atoms with van der Waals surface area (Å²) in [6.45, 7) is 9.00. The molecule has 0 spiro atoms. The number of hydrogen-bond donors (Lipinski definition) is 0. The first-order valence-electron chi connectivity index (χ1n) is 1.86. The van der Waals surface area contributed by atoms with Crippen LogP contribution in [0.25, 0.3) is 0 Å². The average Bonchev–Trinajstić information content (AvgIpc) is 1.46. The molecule has 0 aliphatic rings. The van der Waals surface area contributed by atoms with Gasteiger partial charge in [-0.25, -0.2) is 0 Å². The molecule has 0 aromatic rings. The summed E-state index contributed by atoms with van der Waals surface area (Å²) in [4.78, 5) is 0. The Labute approximate surface area is 71.8 Å². The molecule has 0 saturated heterocycles. The third-order valence-electron chi connectivity index (χ3n) is 0. The van der Waals surface area contributed by atoms with Gasteiger partial charge in [-0.3, -0.25) is 0 Å². The van der Waals surface area contributed by atoms with E-state index >= 15 is 0 Å². The Bertz CT molecular complexity index is 6.04. The second-order valence-corrected chi connectivity index (χ2v) is 0.577. The summed E-state index contributed by atoms with van der Waals surface area (Å²) >= 11 is 0. The molecule has 0 aromatic carbocycles. The van der Waals surface area contributed by atoms with E-state index in [0.717, 1.165) is 0 Å². The van der Waals surface area contributed by atoms with Gasteiger partial charge in [0.25, 0.3) is 0 Å². The average molecular weight is 86.0 g/mol. The van der Waals surface area contributed by atoms with E-state index in [2.05, 4.69) is 6.92 Å². The van der Waals surface area contributed by atoms with Gasteiger partial charge in [-0.2, -0.15) is 20.8 Å². The summed E-state index contributed by atoms with van der Waals surface area (Å²) in [5, 5.41) is 0. The van der Waals surface area contributed by atoms with Crippen LogP contribution in [-0.2, 0) is 0 Å². The van der Waals surface area contributed by atoms with Gasteiger partial charge in [0.1, 0.15) is 0 Å². The van der Waals surface area contributed by atoms with Crippen LogP contribution in [0, 0.1) is 13.3 Å². The Morgan fingerprint density at radius 2 is 1.00 bits per heavy atom. The van der Waals surface area contributed by atoms with Crippen LogP contribution in [0.15, 0.2) is 0 Å². The van der Waals surface area contributed by atoms with Crippen molar-refractivity contribution in [1.82, 2.24) is 0 Å². The smallest absolute Gasteiger partial charge is 0.346 e. The van der Waals surface area contributed by atoms with Crippen LogP contribution < -0.4 is 37.7 Å².